The molecular weight excluding hydrogens is 174 g/mol. The summed E-state index contributed by atoms with van der Waals surface area (Å²) in [5.74, 6) is 0.945. The van der Waals surface area contributed by atoms with E-state index in [9.17, 15) is 0 Å². The molecule has 1 fully saturated rings. The minimum absolute atomic E-state index is 0.156. The van der Waals surface area contributed by atoms with Crippen LogP contribution in [0.15, 0.2) is 0 Å². The second kappa shape index (κ2) is 5.13. The van der Waals surface area contributed by atoms with E-state index < -0.39 is 0 Å². The molecule has 0 saturated heterocycles. The number of nitrogens with two attached hydrogens (primary N) is 1. The lowest BCUT2D eigenvalue weighted by atomic mass is 9.83. The average molecular weight is 199 g/mol. The third-order valence-corrected chi connectivity index (χ3v) is 3.30. The predicted molar refractivity (Wildman–Crippen MR) is 60.2 cm³/mol. The van der Waals surface area contributed by atoms with Gasteiger partial charge in [0.05, 0.1) is 6.61 Å². The van der Waals surface area contributed by atoms with Crippen LogP contribution in [0.1, 0.15) is 46.5 Å². The Balaban J connectivity index is 1.97. The molecule has 1 aliphatic carbocycles. The lowest BCUT2D eigenvalue weighted by Crippen LogP contribution is -2.39. The lowest BCUT2D eigenvalue weighted by molar-refractivity contribution is 0.0728. The third kappa shape index (κ3) is 3.97. The van der Waals surface area contributed by atoms with Crippen molar-refractivity contribution in [3.05, 3.63) is 0 Å². The summed E-state index contributed by atoms with van der Waals surface area (Å²) in [6, 6.07) is 0.156. The van der Waals surface area contributed by atoms with Gasteiger partial charge in [-0.3, -0.25) is 0 Å². The summed E-state index contributed by atoms with van der Waals surface area (Å²) in [5.41, 5.74) is 6.15. The van der Waals surface area contributed by atoms with Gasteiger partial charge < -0.3 is 10.5 Å². The van der Waals surface area contributed by atoms with Gasteiger partial charge in [0.25, 0.3) is 0 Å². The number of ether oxygens (including phenoxy) is 1. The Morgan fingerprint density at radius 1 is 1.36 bits per heavy atom. The second-order valence-electron chi connectivity index (χ2n) is 5.63. The van der Waals surface area contributed by atoms with Gasteiger partial charge in [-0.2, -0.15) is 0 Å². The first kappa shape index (κ1) is 12.0. The zero-order chi connectivity index (χ0) is 10.6. The van der Waals surface area contributed by atoms with Crippen LogP contribution in [0.2, 0.25) is 0 Å². The van der Waals surface area contributed by atoms with Crippen molar-refractivity contribution >= 4 is 0 Å². The van der Waals surface area contributed by atoms with Crippen molar-refractivity contribution in [3.8, 4) is 0 Å². The Kier molecular flexibility index (Phi) is 4.39. The maximum atomic E-state index is 5.99. The topological polar surface area (TPSA) is 35.2 Å². The van der Waals surface area contributed by atoms with E-state index in [0.717, 1.165) is 12.5 Å². The van der Waals surface area contributed by atoms with E-state index in [1.165, 1.54) is 25.7 Å². The molecule has 0 amide bonds. The minimum Gasteiger partial charge on any atom is -0.380 e. The van der Waals surface area contributed by atoms with Crippen molar-refractivity contribution in [2.75, 3.05) is 13.2 Å². The van der Waals surface area contributed by atoms with E-state index >= 15 is 0 Å². The summed E-state index contributed by atoms with van der Waals surface area (Å²) in [5, 5.41) is 0. The Morgan fingerprint density at radius 3 is 2.43 bits per heavy atom. The van der Waals surface area contributed by atoms with E-state index in [1.807, 2.05) is 0 Å². The van der Waals surface area contributed by atoms with Gasteiger partial charge in [0.1, 0.15) is 0 Å². The summed E-state index contributed by atoms with van der Waals surface area (Å²) >= 11 is 0. The first-order valence-electron chi connectivity index (χ1n) is 5.83. The smallest absolute Gasteiger partial charge is 0.0622 e. The monoisotopic (exact) mass is 199 g/mol. The molecule has 0 aromatic rings. The van der Waals surface area contributed by atoms with E-state index in [-0.39, 0.29) is 11.5 Å². The molecule has 1 rings (SSSR count). The fourth-order valence-corrected chi connectivity index (χ4v) is 1.49. The van der Waals surface area contributed by atoms with Gasteiger partial charge in [-0.25, -0.2) is 0 Å². The SMILES string of the molecule is CC(C)(C)C(N)COCCC1CCC1. The molecule has 2 heteroatoms. The van der Waals surface area contributed by atoms with Gasteiger partial charge in [-0.05, 0) is 17.8 Å². The number of hydrogen-bond acceptors (Lipinski definition) is 2. The summed E-state index contributed by atoms with van der Waals surface area (Å²) in [6.45, 7) is 8.08. The third-order valence-electron chi connectivity index (χ3n) is 3.30. The molecule has 0 bridgehead atoms. The molecule has 0 heterocycles. The van der Waals surface area contributed by atoms with Crippen LogP contribution >= 0.6 is 0 Å². The maximum Gasteiger partial charge on any atom is 0.0622 e. The van der Waals surface area contributed by atoms with Crippen molar-refractivity contribution in [2.45, 2.75) is 52.5 Å². The molecule has 2 N–H and O–H groups in total. The van der Waals surface area contributed by atoms with Gasteiger partial charge >= 0.3 is 0 Å². The molecular formula is C12H25NO. The summed E-state index contributed by atoms with van der Waals surface area (Å²) in [7, 11) is 0. The quantitative estimate of drug-likeness (QED) is 0.691. The van der Waals surface area contributed by atoms with Gasteiger partial charge in [0, 0.05) is 12.6 Å². The normalized spacial score (nSPS) is 20.6. The van der Waals surface area contributed by atoms with Crippen LogP contribution in [-0.4, -0.2) is 19.3 Å². The standard InChI is InChI=1S/C12H25NO/c1-12(2,3)11(13)9-14-8-7-10-5-4-6-10/h10-11H,4-9,13H2,1-3H3. The van der Waals surface area contributed by atoms with Gasteiger partial charge in [-0.1, -0.05) is 40.0 Å². The Bertz CT molecular complexity index is 158. The van der Waals surface area contributed by atoms with Gasteiger partial charge in [0.2, 0.25) is 0 Å². The molecule has 1 unspecified atom stereocenters. The van der Waals surface area contributed by atoms with Gasteiger partial charge in [-0.15, -0.1) is 0 Å². The molecule has 2 nitrogen and oxygen atoms in total. The fraction of sp³-hybridized carbons (Fsp3) is 1.00. The molecule has 1 aliphatic rings. The van der Waals surface area contributed by atoms with Crippen LogP contribution in [0.5, 0.6) is 0 Å². The summed E-state index contributed by atoms with van der Waals surface area (Å²) < 4.78 is 5.60. The molecule has 0 aromatic heterocycles. The van der Waals surface area contributed by atoms with Crippen molar-refractivity contribution in [1.82, 2.24) is 0 Å². The van der Waals surface area contributed by atoms with Crippen molar-refractivity contribution in [3.63, 3.8) is 0 Å². The van der Waals surface area contributed by atoms with Crippen LogP contribution in [0, 0.1) is 11.3 Å². The molecule has 0 aromatic carbocycles. The molecule has 0 spiro atoms. The zero-order valence-corrected chi connectivity index (χ0v) is 9.88. The highest BCUT2D eigenvalue weighted by Gasteiger charge is 2.21. The molecule has 0 aliphatic heterocycles. The van der Waals surface area contributed by atoms with Crippen LogP contribution < -0.4 is 5.73 Å². The minimum atomic E-state index is 0.156. The Morgan fingerprint density at radius 2 is 2.00 bits per heavy atom. The van der Waals surface area contributed by atoms with Crippen molar-refractivity contribution in [2.24, 2.45) is 17.1 Å². The summed E-state index contributed by atoms with van der Waals surface area (Å²) in [6.07, 6.45) is 5.48. The average Bonchev–Trinajstić information content (AvgIpc) is 1.98. The molecule has 0 radical (unpaired) electrons. The lowest BCUT2D eigenvalue weighted by Gasteiger charge is -2.28. The highest BCUT2D eigenvalue weighted by molar-refractivity contribution is 4.76. The first-order chi connectivity index (χ1) is 6.50. The van der Waals surface area contributed by atoms with E-state index in [2.05, 4.69) is 20.8 Å². The van der Waals surface area contributed by atoms with E-state index in [1.54, 1.807) is 0 Å². The molecule has 1 atom stereocenters. The Hall–Kier alpha value is -0.0800. The maximum absolute atomic E-state index is 5.99. The molecule has 14 heavy (non-hydrogen) atoms. The van der Waals surface area contributed by atoms with E-state index in [4.69, 9.17) is 10.5 Å². The van der Waals surface area contributed by atoms with Crippen molar-refractivity contribution < 1.29 is 4.74 Å². The predicted octanol–water partition coefficient (Wildman–Crippen LogP) is 2.57. The number of hydrogen-bond donors (Lipinski definition) is 1. The molecule has 1 saturated carbocycles. The fourth-order valence-electron chi connectivity index (χ4n) is 1.49. The van der Waals surface area contributed by atoms with E-state index in [0.29, 0.717) is 6.61 Å². The highest BCUT2D eigenvalue weighted by atomic mass is 16.5. The second-order valence-corrected chi connectivity index (χ2v) is 5.63. The van der Waals surface area contributed by atoms with Crippen molar-refractivity contribution in [1.29, 1.82) is 0 Å². The van der Waals surface area contributed by atoms with Crippen LogP contribution in [-0.2, 0) is 4.74 Å². The number of rotatable bonds is 5. The van der Waals surface area contributed by atoms with Crippen LogP contribution in [0.4, 0.5) is 0 Å². The largest absolute Gasteiger partial charge is 0.380 e. The van der Waals surface area contributed by atoms with Crippen LogP contribution in [0.25, 0.3) is 0 Å². The summed E-state index contributed by atoms with van der Waals surface area (Å²) in [4.78, 5) is 0. The first-order valence-corrected chi connectivity index (χ1v) is 5.83. The zero-order valence-electron chi connectivity index (χ0n) is 9.88. The Labute approximate surface area is 88.2 Å². The van der Waals surface area contributed by atoms with Gasteiger partial charge in [0.15, 0.2) is 0 Å². The van der Waals surface area contributed by atoms with Crippen LogP contribution in [0.3, 0.4) is 0 Å². The molecule has 84 valence electrons. The highest BCUT2D eigenvalue weighted by Crippen LogP contribution is 2.29.